The van der Waals surface area contributed by atoms with E-state index in [4.69, 9.17) is 19.3 Å². The maximum absolute atomic E-state index is 13.9. The Hall–Kier alpha value is -3.50. The number of rotatable bonds is 8. The van der Waals surface area contributed by atoms with E-state index < -0.39 is 0 Å². The number of hydrogen-bond acceptors (Lipinski definition) is 7. The van der Waals surface area contributed by atoms with Gasteiger partial charge in [-0.2, -0.15) is 5.10 Å². The number of aryl methyl sites for hydroxylation is 1. The Morgan fingerprint density at radius 2 is 1.93 bits per heavy atom. The van der Waals surface area contributed by atoms with E-state index in [1.54, 1.807) is 19.1 Å². The van der Waals surface area contributed by atoms with Crippen molar-refractivity contribution in [1.29, 1.82) is 0 Å². The number of methoxy groups -OCH3 is 2. The first-order valence-corrected chi connectivity index (χ1v) is 15.4. The van der Waals surface area contributed by atoms with Gasteiger partial charge in [-0.15, -0.1) is 11.8 Å². The lowest BCUT2D eigenvalue weighted by atomic mass is 9.87. The fourth-order valence-corrected chi connectivity index (χ4v) is 6.71. The van der Waals surface area contributed by atoms with Crippen molar-refractivity contribution < 1.29 is 23.8 Å². The number of benzene rings is 2. The van der Waals surface area contributed by atoms with Crippen molar-refractivity contribution in [3.63, 3.8) is 0 Å². The average Bonchev–Trinajstić information content (AvgIpc) is 3.60. The molecule has 0 spiro atoms. The molecule has 5 rings (SSSR count). The molecule has 2 aromatic carbocycles. The van der Waals surface area contributed by atoms with Gasteiger partial charge in [-0.1, -0.05) is 39.0 Å². The second-order valence-corrected chi connectivity index (χ2v) is 12.9. The summed E-state index contributed by atoms with van der Waals surface area (Å²) in [5, 5.41) is 7.93. The number of ether oxygens (including phenoxy) is 3. The van der Waals surface area contributed by atoms with Gasteiger partial charge in [-0.3, -0.25) is 14.5 Å². The van der Waals surface area contributed by atoms with Crippen LogP contribution in [0.5, 0.6) is 11.5 Å². The van der Waals surface area contributed by atoms with E-state index in [0.29, 0.717) is 30.5 Å². The molecular formula is C32H40N4O5S. The first-order chi connectivity index (χ1) is 20.1. The van der Waals surface area contributed by atoms with Gasteiger partial charge in [0.1, 0.15) is 12.4 Å². The van der Waals surface area contributed by atoms with E-state index in [1.165, 1.54) is 11.8 Å². The Kier molecular flexibility index (Phi) is 8.84. The van der Waals surface area contributed by atoms with Crippen LogP contribution in [0.25, 0.3) is 5.69 Å². The van der Waals surface area contributed by atoms with Crippen LogP contribution in [0.15, 0.2) is 42.5 Å². The lowest BCUT2D eigenvalue weighted by Gasteiger charge is -2.25. The average molecular weight is 593 g/mol. The maximum atomic E-state index is 13.9. The molecule has 3 heterocycles. The second kappa shape index (κ2) is 12.4. The molecule has 2 aliphatic heterocycles. The van der Waals surface area contributed by atoms with Crippen molar-refractivity contribution in [1.82, 2.24) is 15.1 Å². The zero-order valence-electron chi connectivity index (χ0n) is 25.2. The summed E-state index contributed by atoms with van der Waals surface area (Å²) in [7, 11) is 3.23. The molecule has 2 amide bonds. The standard InChI is InChI=1S/C32H40N4O5S/c1-20-9-7-10-22(15-20)36-31-28(30(34-36)32(2,3)4)29(21-12-13-24(39-5)25(16-21)40-6)42-19-27(38)35(31)18-26(37)33-17-23-11-8-14-41-23/h7,9-10,12-13,15-16,23,29H,8,11,14,17-19H2,1-6H3,(H,33,37)/t23-,29+/m0/s1. The van der Waals surface area contributed by atoms with Crippen molar-refractivity contribution in [2.45, 2.75) is 57.3 Å². The van der Waals surface area contributed by atoms with Crippen molar-refractivity contribution in [2.24, 2.45) is 0 Å². The van der Waals surface area contributed by atoms with Crippen LogP contribution in [0.1, 0.15) is 61.2 Å². The summed E-state index contributed by atoms with van der Waals surface area (Å²) in [5.41, 5.74) is 4.30. The first-order valence-electron chi connectivity index (χ1n) is 14.3. The molecule has 1 aromatic heterocycles. The zero-order chi connectivity index (χ0) is 30.0. The first kappa shape index (κ1) is 30.0. The number of amides is 2. The van der Waals surface area contributed by atoms with E-state index in [2.05, 4.69) is 26.1 Å². The number of carbonyl (C=O) groups excluding carboxylic acids is 2. The SMILES string of the molecule is COc1ccc([C@H]2SCC(=O)N(CC(=O)NC[C@@H]3CCCO3)c3c2c(C(C)(C)C)nn3-c2cccc(C)c2)cc1OC. The van der Waals surface area contributed by atoms with Gasteiger partial charge >= 0.3 is 0 Å². The van der Waals surface area contributed by atoms with E-state index >= 15 is 0 Å². The Bertz CT molecular complexity index is 1460. The molecule has 0 unspecified atom stereocenters. The highest BCUT2D eigenvalue weighted by Crippen LogP contribution is 2.49. The molecule has 1 fully saturated rings. The molecule has 10 heteroatoms. The summed E-state index contributed by atoms with van der Waals surface area (Å²) in [4.78, 5) is 28.8. The lowest BCUT2D eigenvalue weighted by molar-refractivity contribution is -0.123. The summed E-state index contributed by atoms with van der Waals surface area (Å²) in [5.74, 6) is 1.69. The molecule has 0 aliphatic carbocycles. The highest BCUT2D eigenvalue weighted by Gasteiger charge is 2.40. The maximum Gasteiger partial charge on any atom is 0.240 e. The van der Waals surface area contributed by atoms with Crippen molar-refractivity contribution in [3.05, 3.63) is 64.8 Å². The predicted molar refractivity (Wildman–Crippen MR) is 165 cm³/mol. The molecule has 3 aromatic rings. The zero-order valence-corrected chi connectivity index (χ0v) is 26.0. The van der Waals surface area contributed by atoms with E-state index in [9.17, 15) is 9.59 Å². The third kappa shape index (κ3) is 6.15. The van der Waals surface area contributed by atoms with Crippen LogP contribution in [0.4, 0.5) is 5.82 Å². The Morgan fingerprint density at radius 1 is 1.14 bits per heavy atom. The molecule has 0 radical (unpaired) electrons. The summed E-state index contributed by atoms with van der Waals surface area (Å²) < 4.78 is 18.7. The largest absolute Gasteiger partial charge is 0.493 e. The molecule has 224 valence electrons. The van der Waals surface area contributed by atoms with Gasteiger partial charge in [0.05, 0.1) is 42.7 Å². The molecule has 2 atom stereocenters. The van der Waals surface area contributed by atoms with Gasteiger partial charge in [0.25, 0.3) is 0 Å². The summed E-state index contributed by atoms with van der Waals surface area (Å²) in [6, 6.07) is 13.9. The minimum Gasteiger partial charge on any atom is -0.493 e. The number of hydrogen-bond donors (Lipinski definition) is 1. The van der Waals surface area contributed by atoms with Crippen LogP contribution in [0, 0.1) is 6.92 Å². The molecular weight excluding hydrogens is 552 g/mol. The number of fused-ring (bicyclic) bond motifs is 1. The van der Waals surface area contributed by atoms with Crippen LogP contribution in [0.2, 0.25) is 0 Å². The van der Waals surface area contributed by atoms with Gasteiger partial charge in [-0.25, -0.2) is 4.68 Å². The molecule has 42 heavy (non-hydrogen) atoms. The smallest absolute Gasteiger partial charge is 0.240 e. The van der Waals surface area contributed by atoms with Crippen molar-refractivity contribution in [2.75, 3.05) is 44.6 Å². The van der Waals surface area contributed by atoms with Crippen molar-refractivity contribution >= 4 is 29.4 Å². The minimum absolute atomic E-state index is 0.0136. The van der Waals surface area contributed by atoms with Crippen molar-refractivity contribution in [3.8, 4) is 17.2 Å². The van der Waals surface area contributed by atoms with E-state index in [-0.39, 0.29) is 40.9 Å². The Balaban J connectivity index is 1.67. The molecule has 0 saturated carbocycles. The summed E-state index contributed by atoms with van der Waals surface area (Å²) >= 11 is 1.53. The number of nitrogens with one attached hydrogen (secondary N) is 1. The molecule has 1 N–H and O–H groups in total. The van der Waals surface area contributed by atoms with Gasteiger partial charge in [-0.05, 0) is 55.2 Å². The molecule has 2 aliphatic rings. The fraction of sp³-hybridized carbons (Fsp3) is 0.469. The van der Waals surface area contributed by atoms with Gasteiger partial charge in [0.15, 0.2) is 11.5 Å². The Morgan fingerprint density at radius 3 is 2.60 bits per heavy atom. The lowest BCUT2D eigenvalue weighted by Crippen LogP contribution is -2.44. The predicted octanol–water partition coefficient (Wildman–Crippen LogP) is 4.96. The molecule has 9 nitrogen and oxygen atoms in total. The van der Waals surface area contributed by atoms with Crippen LogP contribution >= 0.6 is 11.8 Å². The highest BCUT2D eigenvalue weighted by molar-refractivity contribution is 8.00. The van der Waals surface area contributed by atoms with Gasteiger partial charge in [0, 0.05) is 24.1 Å². The molecule has 0 bridgehead atoms. The van der Waals surface area contributed by atoms with Crippen LogP contribution in [0.3, 0.4) is 0 Å². The van der Waals surface area contributed by atoms with Crippen LogP contribution in [-0.4, -0.2) is 67.4 Å². The van der Waals surface area contributed by atoms with Crippen LogP contribution < -0.4 is 19.7 Å². The summed E-state index contributed by atoms with van der Waals surface area (Å²) in [6.07, 6.45) is 1.93. The van der Waals surface area contributed by atoms with Crippen LogP contribution in [-0.2, 0) is 19.7 Å². The highest BCUT2D eigenvalue weighted by atomic mass is 32.2. The quantitative estimate of drug-likeness (QED) is 0.395. The number of thioether (sulfide) groups is 1. The molecule has 1 saturated heterocycles. The van der Waals surface area contributed by atoms with Gasteiger partial charge < -0.3 is 19.5 Å². The number of carbonyl (C=O) groups is 2. The Labute approximate surface area is 251 Å². The monoisotopic (exact) mass is 592 g/mol. The minimum atomic E-state index is -0.352. The number of aromatic nitrogens is 2. The topological polar surface area (TPSA) is 94.9 Å². The van der Waals surface area contributed by atoms with E-state index in [1.807, 2.05) is 54.1 Å². The summed E-state index contributed by atoms with van der Waals surface area (Å²) in [6.45, 7) is 9.43. The third-order valence-electron chi connectivity index (χ3n) is 7.61. The number of nitrogens with zero attached hydrogens (tertiary/aromatic N) is 3. The number of anilines is 1. The normalized spacial score (nSPS) is 18.9. The fourth-order valence-electron chi connectivity index (χ4n) is 5.52. The van der Waals surface area contributed by atoms with E-state index in [0.717, 1.165) is 40.9 Å². The second-order valence-electron chi connectivity index (χ2n) is 11.8. The van der Waals surface area contributed by atoms with Gasteiger partial charge in [0.2, 0.25) is 11.8 Å². The third-order valence-corrected chi connectivity index (χ3v) is 8.86.